The predicted molar refractivity (Wildman–Crippen MR) is 73.4 cm³/mol. The number of esters is 1. The van der Waals surface area contributed by atoms with Gasteiger partial charge in [-0.3, -0.25) is 10.1 Å². The van der Waals surface area contributed by atoms with Crippen LogP contribution in [0.25, 0.3) is 0 Å². The molecule has 1 rings (SSSR count). The number of rotatable bonds is 6. The lowest BCUT2D eigenvalue weighted by Gasteiger charge is -2.21. The summed E-state index contributed by atoms with van der Waals surface area (Å²) in [6, 6.07) is 8.24. The van der Waals surface area contributed by atoms with E-state index in [1.54, 1.807) is 0 Å². The van der Waals surface area contributed by atoms with Crippen LogP contribution in [-0.2, 0) is 9.53 Å². The second-order valence-corrected chi connectivity index (χ2v) is 4.51. The van der Waals surface area contributed by atoms with Gasteiger partial charge in [0.05, 0.1) is 6.61 Å². The van der Waals surface area contributed by atoms with Gasteiger partial charge in [-0.2, -0.15) is 0 Å². The molecule has 1 aromatic rings. The summed E-state index contributed by atoms with van der Waals surface area (Å²) in [5, 5.41) is 3.31. The largest absolute Gasteiger partial charge is 0.465 e. The van der Waals surface area contributed by atoms with Crippen molar-refractivity contribution in [1.82, 2.24) is 5.32 Å². The van der Waals surface area contributed by atoms with E-state index in [2.05, 4.69) is 43.4 Å². The highest BCUT2D eigenvalue weighted by atomic mass is 16.5. The van der Waals surface area contributed by atoms with Crippen LogP contribution in [0.4, 0.5) is 0 Å². The lowest BCUT2D eigenvalue weighted by molar-refractivity contribution is -0.145. The van der Waals surface area contributed by atoms with Crippen LogP contribution in [0.2, 0.25) is 0 Å². The van der Waals surface area contributed by atoms with Crippen LogP contribution in [0, 0.1) is 6.92 Å². The molecule has 18 heavy (non-hydrogen) atoms. The molecule has 2 atom stereocenters. The first-order valence-corrected chi connectivity index (χ1v) is 6.57. The van der Waals surface area contributed by atoms with Gasteiger partial charge in [0.2, 0.25) is 0 Å². The second-order valence-electron chi connectivity index (χ2n) is 4.51. The molecule has 0 spiro atoms. The van der Waals surface area contributed by atoms with Crippen molar-refractivity contribution < 1.29 is 9.53 Å². The molecule has 0 saturated heterocycles. The molecule has 0 fully saturated rings. The van der Waals surface area contributed by atoms with Gasteiger partial charge in [0, 0.05) is 6.04 Å². The average molecular weight is 249 g/mol. The maximum atomic E-state index is 11.7. The fraction of sp³-hybridized carbons (Fsp3) is 0.533. The van der Waals surface area contributed by atoms with Crippen LogP contribution in [0.1, 0.15) is 44.4 Å². The van der Waals surface area contributed by atoms with Crippen molar-refractivity contribution in [1.29, 1.82) is 0 Å². The van der Waals surface area contributed by atoms with E-state index in [0.717, 1.165) is 6.42 Å². The third-order valence-electron chi connectivity index (χ3n) is 3.01. The fourth-order valence-electron chi connectivity index (χ4n) is 1.85. The number of ether oxygens (including phenoxy) is 1. The van der Waals surface area contributed by atoms with Gasteiger partial charge in [-0.1, -0.05) is 36.8 Å². The van der Waals surface area contributed by atoms with Crippen molar-refractivity contribution in [3.05, 3.63) is 35.4 Å². The van der Waals surface area contributed by atoms with Crippen LogP contribution < -0.4 is 5.32 Å². The Morgan fingerprint density at radius 2 is 1.89 bits per heavy atom. The quantitative estimate of drug-likeness (QED) is 0.788. The molecule has 0 aliphatic carbocycles. The Bertz CT molecular complexity index is 373. The van der Waals surface area contributed by atoms with Crippen LogP contribution in [0.5, 0.6) is 0 Å². The Kier molecular flexibility index (Phi) is 5.86. The van der Waals surface area contributed by atoms with Crippen LogP contribution >= 0.6 is 0 Å². The highest BCUT2D eigenvalue weighted by Gasteiger charge is 2.19. The Labute approximate surface area is 110 Å². The number of nitrogens with one attached hydrogen (secondary N) is 1. The summed E-state index contributed by atoms with van der Waals surface area (Å²) >= 11 is 0. The van der Waals surface area contributed by atoms with Gasteiger partial charge >= 0.3 is 5.97 Å². The molecular formula is C15H23NO2. The van der Waals surface area contributed by atoms with Crippen LogP contribution in [-0.4, -0.2) is 18.6 Å². The monoisotopic (exact) mass is 249 g/mol. The number of hydrogen-bond acceptors (Lipinski definition) is 3. The first kappa shape index (κ1) is 14.7. The summed E-state index contributed by atoms with van der Waals surface area (Å²) in [5.74, 6) is -0.168. The zero-order chi connectivity index (χ0) is 13.5. The van der Waals surface area contributed by atoms with Gasteiger partial charge in [0.15, 0.2) is 0 Å². The van der Waals surface area contributed by atoms with Gasteiger partial charge in [0.25, 0.3) is 0 Å². The SMILES string of the molecule is CCOC(=O)C(CC)NC(C)c1ccc(C)cc1. The van der Waals surface area contributed by atoms with Crippen LogP contribution in [0.3, 0.4) is 0 Å². The lowest BCUT2D eigenvalue weighted by atomic mass is 10.1. The minimum Gasteiger partial charge on any atom is -0.465 e. The minimum atomic E-state index is -0.235. The molecule has 100 valence electrons. The molecule has 0 saturated carbocycles. The van der Waals surface area contributed by atoms with Crippen molar-refractivity contribution in [3.63, 3.8) is 0 Å². The summed E-state index contributed by atoms with van der Waals surface area (Å²) < 4.78 is 5.05. The molecule has 3 heteroatoms. The van der Waals surface area contributed by atoms with E-state index in [-0.39, 0.29) is 18.1 Å². The molecule has 0 aromatic heterocycles. The number of benzene rings is 1. The first-order chi connectivity index (χ1) is 8.58. The Balaban J connectivity index is 2.64. The maximum absolute atomic E-state index is 11.7. The van der Waals surface area contributed by atoms with Crippen LogP contribution in [0.15, 0.2) is 24.3 Å². The summed E-state index contributed by atoms with van der Waals surface area (Å²) in [4.78, 5) is 11.7. The Morgan fingerprint density at radius 1 is 1.28 bits per heavy atom. The third kappa shape index (κ3) is 4.15. The van der Waals surface area contributed by atoms with Gasteiger partial charge in [-0.05, 0) is 32.8 Å². The summed E-state index contributed by atoms with van der Waals surface area (Å²) in [7, 11) is 0. The van der Waals surface area contributed by atoms with E-state index in [9.17, 15) is 4.79 Å². The molecule has 1 N–H and O–H groups in total. The van der Waals surface area contributed by atoms with Gasteiger partial charge < -0.3 is 4.74 Å². The summed E-state index contributed by atoms with van der Waals surface area (Å²) in [5.41, 5.74) is 2.42. The summed E-state index contributed by atoms with van der Waals surface area (Å²) in [6.45, 7) is 8.36. The van der Waals surface area contributed by atoms with Crippen molar-refractivity contribution in [2.45, 2.75) is 46.2 Å². The number of carbonyl (C=O) groups excluding carboxylic acids is 1. The summed E-state index contributed by atoms with van der Waals surface area (Å²) in [6.07, 6.45) is 0.731. The number of aryl methyl sites for hydroxylation is 1. The second kappa shape index (κ2) is 7.17. The maximum Gasteiger partial charge on any atom is 0.323 e. The molecule has 0 radical (unpaired) electrons. The Hall–Kier alpha value is -1.35. The molecule has 0 aliphatic heterocycles. The molecule has 0 heterocycles. The zero-order valence-electron chi connectivity index (χ0n) is 11.7. The smallest absolute Gasteiger partial charge is 0.323 e. The van der Waals surface area contributed by atoms with Crippen molar-refractivity contribution in [2.24, 2.45) is 0 Å². The van der Waals surface area contributed by atoms with Crippen molar-refractivity contribution in [3.8, 4) is 0 Å². The highest BCUT2D eigenvalue weighted by Crippen LogP contribution is 2.14. The fourth-order valence-corrected chi connectivity index (χ4v) is 1.85. The number of hydrogen-bond donors (Lipinski definition) is 1. The van der Waals surface area contributed by atoms with Gasteiger partial charge in [0.1, 0.15) is 6.04 Å². The third-order valence-corrected chi connectivity index (χ3v) is 3.01. The van der Waals surface area contributed by atoms with E-state index < -0.39 is 0 Å². The Morgan fingerprint density at radius 3 is 2.39 bits per heavy atom. The van der Waals surface area contributed by atoms with E-state index in [0.29, 0.717) is 6.61 Å². The van der Waals surface area contributed by atoms with Gasteiger partial charge in [-0.15, -0.1) is 0 Å². The standard InChI is InChI=1S/C15H23NO2/c1-5-14(15(17)18-6-2)16-12(4)13-9-7-11(3)8-10-13/h7-10,12,14,16H,5-6H2,1-4H3. The number of carbonyl (C=O) groups is 1. The lowest BCUT2D eigenvalue weighted by Crippen LogP contribution is -2.39. The van der Waals surface area contributed by atoms with Gasteiger partial charge in [-0.25, -0.2) is 0 Å². The molecule has 0 amide bonds. The van der Waals surface area contributed by atoms with E-state index in [1.165, 1.54) is 11.1 Å². The van der Waals surface area contributed by atoms with E-state index in [4.69, 9.17) is 4.74 Å². The first-order valence-electron chi connectivity index (χ1n) is 6.57. The van der Waals surface area contributed by atoms with Crippen molar-refractivity contribution >= 4 is 5.97 Å². The molecule has 0 aliphatic rings. The highest BCUT2D eigenvalue weighted by molar-refractivity contribution is 5.75. The normalized spacial score (nSPS) is 14.0. The zero-order valence-corrected chi connectivity index (χ0v) is 11.7. The predicted octanol–water partition coefficient (Wildman–Crippen LogP) is 2.99. The topological polar surface area (TPSA) is 38.3 Å². The molecule has 3 nitrogen and oxygen atoms in total. The van der Waals surface area contributed by atoms with E-state index >= 15 is 0 Å². The average Bonchev–Trinajstić information content (AvgIpc) is 2.36. The molecule has 0 bridgehead atoms. The molecule has 2 unspecified atom stereocenters. The van der Waals surface area contributed by atoms with E-state index in [1.807, 2.05) is 13.8 Å². The molecule has 1 aromatic carbocycles. The molecular weight excluding hydrogens is 226 g/mol. The minimum absolute atomic E-state index is 0.139. The van der Waals surface area contributed by atoms with Crippen molar-refractivity contribution in [2.75, 3.05) is 6.61 Å².